The fraction of sp³-hybridized carbons (Fsp3) is 0.714. The number of esters is 1. The maximum atomic E-state index is 12.1. The van der Waals surface area contributed by atoms with Crippen LogP contribution in [0.1, 0.15) is 31.9 Å². The van der Waals surface area contributed by atoms with Crippen LogP contribution in [0.15, 0.2) is 11.1 Å². The van der Waals surface area contributed by atoms with Gasteiger partial charge in [0.1, 0.15) is 5.54 Å². The molecule has 0 radical (unpaired) electrons. The first-order valence-corrected chi connectivity index (χ1v) is 7.89. The predicted octanol–water partition coefficient (Wildman–Crippen LogP) is 1.89. The molecule has 0 amide bonds. The third kappa shape index (κ3) is 3.01. The van der Waals surface area contributed by atoms with Gasteiger partial charge in [-0.2, -0.15) is 5.10 Å². The lowest BCUT2D eigenvalue weighted by Crippen LogP contribution is -2.50. The van der Waals surface area contributed by atoms with E-state index in [4.69, 9.17) is 4.74 Å². The molecule has 20 heavy (non-hydrogen) atoms. The number of ether oxygens (including phenoxy) is 1. The van der Waals surface area contributed by atoms with Crippen LogP contribution in [0.3, 0.4) is 0 Å². The van der Waals surface area contributed by atoms with Crippen LogP contribution in [0, 0.1) is 6.92 Å². The van der Waals surface area contributed by atoms with Crippen LogP contribution in [0.5, 0.6) is 0 Å². The van der Waals surface area contributed by atoms with E-state index >= 15 is 0 Å². The van der Waals surface area contributed by atoms with Crippen molar-refractivity contribution in [3.05, 3.63) is 11.8 Å². The molecule has 0 aromatic carbocycles. The summed E-state index contributed by atoms with van der Waals surface area (Å²) in [4.78, 5) is 12.1. The Bertz CT molecular complexity index is 489. The van der Waals surface area contributed by atoms with Crippen molar-refractivity contribution in [2.45, 2.75) is 48.9 Å². The Kier molecular flexibility index (Phi) is 4.75. The van der Waals surface area contributed by atoms with Crippen molar-refractivity contribution in [2.24, 2.45) is 7.05 Å². The minimum Gasteiger partial charge on any atom is -0.468 e. The first-order chi connectivity index (χ1) is 9.50. The van der Waals surface area contributed by atoms with E-state index in [0.29, 0.717) is 5.25 Å². The largest absolute Gasteiger partial charge is 0.468 e. The standard InChI is InChI=1S/C14H23N3O2S/c1-5-15-14(13(18)19-4)7-6-11(9-14)20-12-8-10(2)16-17(12)3/h8,11,15H,5-7,9H2,1-4H3. The van der Waals surface area contributed by atoms with Crippen molar-refractivity contribution >= 4 is 17.7 Å². The smallest absolute Gasteiger partial charge is 0.326 e. The molecule has 0 aliphatic heterocycles. The third-order valence-corrected chi connectivity index (χ3v) is 5.17. The molecule has 0 saturated heterocycles. The minimum atomic E-state index is -0.505. The highest BCUT2D eigenvalue weighted by Crippen LogP contribution is 2.40. The first-order valence-electron chi connectivity index (χ1n) is 7.01. The molecule has 0 spiro atoms. The molecule has 2 atom stereocenters. The van der Waals surface area contributed by atoms with E-state index < -0.39 is 5.54 Å². The van der Waals surface area contributed by atoms with Gasteiger partial charge in [-0.05, 0) is 38.8 Å². The molecular formula is C14H23N3O2S. The molecule has 5 nitrogen and oxygen atoms in total. The Hall–Kier alpha value is -1.01. The van der Waals surface area contributed by atoms with E-state index in [1.54, 1.807) is 0 Å². The van der Waals surface area contributed by atoms with Crippen molar-refractivity contribution in [1.82, 2.24) is 15.1 Å². The van der Waals surface area contributed by atoms with Crippen LogP contribution in [0.25, 0.3) is 0 Å². The van der Waals surface area contributed by atoms with Gasteiger partial charge in [0.15, 0.2) is 0 Å². The second kappa shape index (κ2) is 6.18. The fourth-order valence-corrected chi connectivity index (χ4v) is 4.30. The molecule has 0 bridgehead atoms. The van der Waals surface area contributed by atoms with E-state index in [1.807, 2.05) is 37.3 Å². The summed E-state index contributed by atoms with van der Waals surface area (Å²) in [5.74, 6) is -0.136. The highest BCUT2D eigenvalue weighted by atomic mass is 32.2. The highest BCUT2D eigenvalue weighted by Gasteiger charge is 2.46. The summed E-state index contributed by atoms with van der Waals surface area (Å²) in [6.07, 6.45) is 2.65. The van der Waals surface area contributed by atoms with Gasteiger partial charge < -0.3 is 10.1 Å². The summed E-state index contributed by atoms with van der Waals surface area (Å²) < 4.78 is 6.90. The van der Waals surface area contributed by atoms with Crippen LogP contribution in [-0.4, -0.2) is 40.2 Å². The Morgan fingerprint density at radius 1 is 1.70 bits per heavy atom. The van der Waals surface area contributed by atoms with Gasteiger partial charge in [0.05, 0.1) is 17.8 Å². The van der Waals surface area contributed by atoms with Gasteiger partial charge >= 0.3 is 5.97 Å². The summed E-state index contributed by atoms with van der Waals surface area (Å²) >= 11 is 1.81. The lowest BCUT2D eigenvalue weighted by Gasteiger charge is -2.27. The van der Waals surface area contributed by atoms with Crippen LogP contribution >= 0.6 is 11.8 Å². The van der Waals surface area contributed by atoms with Crippen molar-refractivity contribution in [2.75, 3.05) is 13.7 Å². The molecule has 1 aromatic rings. The van der Waals surface area contributed by atoms with Gasteiger partial charge in [0.25, 0.3) is 0 Å². The molecule has 1 saturated carbocycles. The van der Waals surface area contributed by atoms with Crippen LogP contribution in [0.4, 0.5) is 0 Å². The van der Waals surface area contributed by atoms with Gasteiger partial charge in [0, 0.05) is 12.3 Å². The second-order valence-corrected chi connectivity index (χ2v) is 6.65. The lowest BCUT2D eigenvalue weighted by atomic mass is 9.98. The van der Waals surface area contributed by atoms with Crippen molar-refractivity contribution in [3.8, 4) is 0 Å². The van der Waals surface area contributed by atoms with E-state index in [0.717, 1.165) is 36.5 Å². The molecule has 1 heterocycles. The van der Waals surface area contributed by atoms with E-state index in [-0.39, 0.29) is 5.97 Å². The summed E-state index contributed by atoms with van der Waals surface area (Å²) in [7, 11) is 3.43. The number of nitrogens with zero attached hydrogens (tertiary/aromatic N) is 2. The third-order valence-electron chi connectivity index (χ3n) is 3.81. The van der Waals surface area contributed by atoms with Crippen molar-refractivity contribution in [1.29, 1.82) is 0 Å². The molecular weight excluding hydrogens is 274 g/mol. The number of aromatic nitrogens is 2. The molecule has 1 fully saturated rings. The van der Waals surface area contributed by atoms with Crippen LogP contribution < -0.4 is 5.32 Å². The number of aryl methyl sites for hydroxylation is 2. The predicted molar refractivity (Wildman–Crippen MR) is 79.9 cm³/mol. The van der Waals surface area contributed by atoms with Gasteiger partial charge in [-0.25, -0.2) is 0 Å². The van der Waals surface area contributed by atoms with Gasteiger partial charge in [-0.15, -0.1) is 11.8 Å². The summed E-state index contributed by atoms with van der Waals surface area (Å²) in [6.45, 7) is 4.79. The molecule has 112 valence electrons. The van der Waals surface area contributed by atoms with Crippen LogP contribution in [0.2, 0.25) is 0 Å². The Labute approximate surface area is 124 Å². The quantitative estimate of drug-likeness (QED) is 0.841. The normalized spacial score (nSPS) is 25.9. The molecule has 1 aromatic heterocycles. The topological polar surface area (TPSA) is 56.1 Å². The zero-order valence-electron chi connectivity index (χ0n) is 12.6. The van der Waals surface area contributed by atoms with Crippen molar-refractivity contribution in [3.63, 3.8) is 0 Å². The van der Waals surface area contributed by atoms with Gasteiger partial charge in [-0.1, -0.05) is 6.92 Å². The summed E-state index contributed by atoms with van der Waals surface area (Å²) in [5.41, 5.74) is 0.522. The fourth-order valence-electron chi connectivity index (χ4n) is 2.92. The SMILES string of the molecule is CCNC1(C(=O)OC)CCC(Sc2cc(C)nn2C)C1. The number of methoxy groups -OCH3 is 1. The average molecular weight is 297 g/mol. The number of carbonyl (C=O) groups excluding carboxylic acids is 1. The minimum absolute atomic E-state index is 0.136. The molecule has 1 aliphatic rings. The average Bonchev–Trinajstić information content (AvgIpc) is 2.95. The van der Waals surface area contributed by atoms with Gasteiger partial charge in [0.2, 0.25) is 0 Å². The molecule has 6 heteroatoms. The van der Waals surface area contributed by atoms with E-state index in [9.17, 15) is 4.79 Å². The maximum absolute atomic E-state index is 12.1. The number of thioether (sulfide) groups is 1. The number of hydrogen-bond acceptors (Lipinski definition) is 5. The number of likely N-dealkylation sites (N-methyl/N-ethyl adjacent to an activating group) is 1. The molecule has 1 aliphatic carbocycles. The second-order valence-electron chi connectivity index (χ2n) is 5.33. The van der Waals surface area contributed by atoms with E-state index in [2.05, 4.69) is 16.5 Å². The Morgan fingerprint density at radius 2 is 2.45 bits per heavy atom. The lowest BCUT2D eigenvalue weighted by molar-refractivity contribution is -0.148. The van der Waals surface area contributed by atoms with E-state index in [1.165, 1.54) is 7.11 Å². The maximum Gasteiger partial charge on any atom is 0.326 e. The number of hydrogen-bond donors (Lipinski definition) is 1. The number of rotatable bonds is 5. The molecule has 2 rings (SSSR count). The number of carbonyl (C=O) groups is 1. The van der Waals surface area contributed by atoms with Gasteiger partial charge in [-0.3, -0.25) is 9.48 Å². The molecule has 2 unspecified atom stereocenters. The monoisotopic (exact) mass is 297 g/mol. The Morgan fingerprint density at radius 3 is 3.00 bits per heavy atom. The number of nitrogens with one attached hydrogen (secondary N) is 1. The zero-order valence-corrected chi connectivity index (χ0v) is 13.4. The van der Waals surface area contributed by atoms with Crippen molar-refractivity contribution < 1.29 is 9.53 Å². The highest BCUT2D eigenvalue weighted by molar-refractivity contribution is 7.99. The summed E-state index contributed by atoms with van der Waals surface area (Å²) in [5, 5.41) is 9.28. The van der Waals surface area contributed by atoms with Crippen LogP contribution in [-0.2, 0) is 16.6 Å². The zero-order chi connectivity index (χ0) is 14.8. The Balaban J connectivity index is 2.06. The summed E-state index contributed by atoms with van der Waals surface area (Å²) in [6, 6.07) is 2.09. The first kappa shape index (κ1) is 15.4. The molecule has 1 N–H and O–H groups in total.